The monoisotopic (exact) mass is 1010 g/mol. The summed E-state index contributed by atoms with van der Waals surface area (Å²) in [6, 6.07) is 48.9. The number of nitrogens with zero attached hydrogens (tertiary/aromatic N) is 4. The topological polar surface area (TPSA) is 56.7 Å². The summed E-state index contributed by atoms with van der Waals surface area (Å²) in [6.07, 6.45) is 3.94. The summed E-state index contributed by atoms with van der Waals surface area (Å²) in [5, 5.41) is 2.04. The Labute approximate surface area is 364 Å². The molecule has 0 aliphatic heterocycles. The molecule has 0 spiro atoms. The number of hydrogen-bond acceptors (Lipinski definition) is 4. The fourth-order valence-corrected chi connectivity index (χ4v) is 9.93. The molecule has 0 amide bonds. The molecule has 9 aromatic rings. The fraction of sp³-hybridized carbons (Fsp3) is 0.212. The molecule has 0 bridgehead atoms. The van der Waals surface area contributed by atoms with Crippen LogP contribution in [0.4, 0.5) is 0 Å². The van der Waals surface area contributed by atoms with Gasteiger partial charge in [0, 0.05) is 50.0 Å². The molecule has 4 heterocycles. The summed E-state index contributed by atoms with van der Waals surface area (Å²) in [5.41, 5.74) is 14.2. The van der Waals surface area contributed by atoms with Crippen LogP contribution < -0.4 is 4.40 Å². The van der Waals surface area contributed by atoms with E-state index in [-0.39, 0.29) is 20.1 Å². The molecule has 0 saturated carbocycles. The van der Waals surface area contributed by atoms with E-state index in [9.17, 15) is 0 Å². The van der Waals surface area contributed by atoms with Gasteiger partial charge in [-0.3, -0.25) is 9.97 Å². The van der Waals surface area contributed by atoms with Crippen LogP contribution in [0.2, 0.25) is 17.3 Å². The second-order valence-corrected chi connectivity index (χ2v) is 27.4. The van der Waals surface area contributed by atoms with Gasteiger partial charge in [-0.05, 0) is 58.7 Å². The maximum atomic E-state index is 6.48. The first-order chi connectivity index (χ1) is 28.0. The van der Waals surface area contributed by atoms with Gasteiger partial charge in [0.25, 0.3) is 0 Å². The second-order valence-electron chi connectivity index (χ2n) is 16.8. The number of imidazole rings is 1. The molecular formula is C52H50GeIrN4O-2. The molecular weight excluding hydrogens is 961 g/mol. The smallest absolute Gasteiger partial charge is 0 e. The number of pyridine rings is 2. The summed E-state index contributed by atoms with van der Waals surface area (Å²) in [6.45, 7) is 11.9. The van der Waals surface area contributed by atoms with Crippen molar-refractivity contribution in [3.8, 4) is 33.8 Å². The number of benzene rings is 5. The molecule has 1 radical (unpaired) electrons. The van der Waals surface area contributed by atoms with Gasteiger partial charge in [0.05, 0.1) is 22.4 Å². The van der Waals surface area contributed by atoms with Crippen molar-refractivity contribution in [2.75, 3.05) is 0 Å². The van der Waals surface area contributed by atoms with Crippen molar-refractivity contribution in [3.05, 3.63) is 168 Å². The van der Waals surface area contributed by atoms with Crippen molar-refractivity contribution < 1.29 is 24.5 Å². The molecule has 9 rings (SSSR count). The molecule has 7 heteroatoms. The number of fused-ring (bicyclic) bond motifs is 4. The van der Waals surface area contributed by atoms with Crippen molar-refractivity contribution in [1.29, 1.82) is 0 Å². The van der Waals surface area contributed by atoms with Crippen LogP contribution in [0.3, 0.4) is 0 Å². The number of rotatable bonds is 8. The molecule has 4 aromatic heterocycles. The quantitative estimate of drug-likeness (QED) is 0.112. The van der Waals surface area contributed by atoms with E-state index in [0.717, 1.165) is 61.3 Å². The van der Waals surface area contributed by atoms with Gasteiger partial charge < -0.3 is 8.98 Å². The molecule has 5 nitrogen and oxygen atoms in total. The molecule has 0 atom stereocenters. The van der Waals surface area contributed by atoms with E-state index in [1.165, 1.54) is 32.2 Å². The van der Waals surface area contributed by atoms with E-state index < -0.39 is 13.3 Å². The summed E-state index contributed by atoms with van der Waals surface area (Å²) in [4.78, 5) is 14.2. The average Bonchev–Trinajstić information content (AvgIpc) is 3.79. The van der Waals surface area contributed by atoms with E-state index in [2.05, 4.69) is 157 Å². The van der Waals surface area contributed by atoms with Crippen LogP contribution >= 0.6 is 0 Å². The van der Waals surface area contributed by atoms with Crippen LogP contribution in [-0.4, -0.2) is 32.8 Å². The Balaban J connectivity index is 0.000000262. The predicted molar refractivity (Wildman–Crippen MR) is 244 cm³/mol. The van der Waals surface area contributed by atoms with Gasteiger partial charge in [-0.25, -0.2) is 0 Å². The van der Waals surface area contributed by atoms with Crippen molar-refractivity contribution in [2.45, 2.75) is 70.3 Å². The van der Waals surface area contributed by atoms with E-state index in [1.807, 2.05) is 55.7 Å². The third-order valence-electron chi connectivity index (χ3n) is 10.9. The van der Waals surface area contributed by atoms with E-state index in [4.69, 9.17) is 9.40 Å². The Morgan fingerprint density at radius 1 is 0.695 bits per heavy atom. The molecule has 0 aliphatic carbocycles. The van der Waals surface area contributed by atoms with Gasteiger partial charge >= 0.3 is 99.8 Å². The number of aromatic nitrogens is 4. The normalized spacial score (nSPS) is 11.6. The van der Waals surface area contributed by atoms with Gasteiger partial charge in [-0.15, -0.1) is 18.2 Å². The first kappa shape index (κ1) is 42.0. The van der Waals surface area contributed by atoms with Crippen molar-refractivity contribution in [1.82, 2.24) is 19.5 Å². The maximum absolute atomic E-state index is 6.48. The molecule has 0 saturated heterocycles. The molecule has 0 unspecified atom stereocenters. The van der Waals surface area contributed by atoms with E-state index in [0.29, 0.717) is 18.4 Å². The number of hydrogen-bond donors (Lipinski definition) is 0. The van der Waals surface area contributed by atoms with E-state index in [1.54, 1.807) is 0 Å². The largest absolute Gasteiger partial charge is 0 e. The molecule has 0 aliphatic rings. The van der Waals surface area contributed by atoms with Crippen LogP contribution in [0, 0.1) is 19.1 Å². The Morgan fingerprint density at radius 3 is 2.07 bits per heavy atom. The first-order valence-electron chi connectivity index (χ1n) is 20.3. The summed E-state index contributed by atoms with van der Waals surface area (Å²) in [5.74, 6) is 8.73. The summed E-state index contributed by atoms with van der Waals surface area (Å²) >= 11 is -1.72. The van der Waals surface area contributed by atoms with Crippen LogP contribution in [0.5, 0.6) is 0 Å². The van der Waals surface area contributed by atoms with Crippen LogP contribution in [-0.2, 0) is 26.7 Å². The van der Waals surface area contributed by atoms with Crippen molar-refractivity contribution in [2.24, 2.45) is 0 Å². The van der Waals surface area contributed by atoms with Crippen LogP contribution in [0.1, 0.15) is 61.9 Å². The third kappa shape index (κ3) is 8.77. The number of para-hydroxylation sites is 2. The van der Waals surface area contributed by atoms with Gasteiger partial charge in [0.2, 0.25) is 0 Å². The average molecular weight is 1010 g/mol. The molecule has 0 N–H and O–H groups in total. The number of aryl methyl sites for hydroxylation is 1. The molecule has 299 valence electrons. The van der Waals surface area contributed by atoms with Crippen LogP contribution in [0.25, 0.3) is 66.7 Å². The zero-order chi connectivity index (χ0) is 40.6. The standard InChI is InChI=1S/C38H34N3O.C14H16GeN.Ir/c1-23(2)30-19-27(26-12-7-6-8-13-26)20-31(24(3)4)33(30)22-41-35-17-10-9-16-34(35)40-38(41)29-15-11-14-28-32-21-39-25(5)18-36(32)42-37(28)29;1-15(2,3)13-9-10-14(16-11-13)12-7-5-4-6-8-12;/h6-14,16-21,23-24H,22H2,1-5H3;4-7,9-11H,1-3H3;/q2*-1;. The van der Waals surface area contributed by atoms with Crippen molar-refractivity contribution in [3.63, 3.8) is 0 Å². The number of furan rings is 1. The minimum absolute atomic E-state index is 0. The minimum Gasteiger partial charge on any atom is 0 e. The molecule has 0 fully saturated rings. The van der Waals surface area contributed by atoms with Gasteiger partial charge in [-0.2, -0.15) is 0 Å². The Kier molecular flexibility index (Phi) is 12.5. The minimum atomic E-state index is -1.72. The second kappa shape index (κ2) is 17.6. The SMILES string of the molecule is Cc1cc2oc3c(-c4nc5ccccc5n4Cc4c(C(C)C)cc(-c5ccccc5)cc4C(C)C)[c-]ccc3c2cn1.[CH3][Ge]([CH3])([CH3])[c]1ccc(-c2[c-]cccc2)nc1.[Ir]. The van der Waals surface area contributed by atoms with E-state index >= 15 is 0 Å². The Bertz CT molecular complexity index is 2830. The summed E-state index contributed by atoms with van der Waals surface area (Å²) < 4.78 is 10.3. The zero-order valence-corrected chi connectivity index (χ0v) is 39.6. The van der Waals surface area contributed by atoms with Gasteiger partial charge in [-0.1, -0.05) is 93.2 Å². The molecule has 5 aromatic carbocycles. The third-order valence-corrected chi connectivity index (χ3v) is 15.2. The predicted octanol–water partition coefficient (Wildman–Crippen LogP) is 13.2. The molecule has 59 heavy (non-hydrogen) atoms. The zero-order valence-electron chi connectivity index (χ0n) is 35.1. The Morgan fingerprint density at radius 2 is 1.41 bits per heavy atom. The van der Waals surface area contributed by atoms with Crippen molar-refractivity contribution >= 4 is 50.6 Å². The summed E-state index contributed by atoms with van der Waals surface area (Å²) in [7, 11) is 0. The van der Waals surface area contributed by atoms with Gasteiger partial charge in [0.1, 0.15) is 5.58 Å². The maximum Gasteiger partial charge on any atom is 0 e. The van der Waals surface area contributed by atoms with Gasteiger partial charge in [0.15, 0.2) is 0 Å². The Hall–Kier alpha value is -5.14. The fourth-order valence-electron chi connectivity index (χ4n) is 7.76. The first-order valence-corrected chi connectivity index (χ1v) is 27.6. The van der Waals surface area contributed by atoms with Crippen LogP contribution in [0.15, 0.2) is 138 Å².